The van der Waals surface area contributed by atoms with Crippen molar-refractivity contribution < 1.29 is 14.0 Å². The summed E-state index contributed by atoms with van der Waals surface area (Å²) in [5.41, 5.74) is 4.27. The second kappa shape index (κ2) is 12.5. The molecule has 3 aromatic rings. The summed E-state index contributed by atoms with van der Waals surface area (Å²) in [6.45, 7) is 9.39. The molecule has 0 saturated carbocycles. The Bertz CT molecular complexity index is 1020. The molecule has 1 aromatic carbocycles. The van der Waals surface area contributed by atoms with Crippen LogP contribution in [0.5, 0.6) is 6.01 Å². The Balaban J connectivity index is 1.67. The van der Waals surface area contributed by atoms with Crippen molar-refractivity contribution in [3.05, 3.63) is 48.4 Å². The maximum Gasteiger partial charge on any atom is 0.316 e. The Morgan fingerprint density at radius 3 is 2.57 bits per heavy atom. The van der Waals surface area contributed by atoms with Crippen LogP contribution in [0.15, 0.2) is 41.4 Å². The van der Waals surface area contributed by atoms with Crippen LogP contribution >= 0.6 is 0 Å². The maximum absolute atomic E-state index is 5.62. The summed E-state index contributed by atoms with van der Waals surface area (Å²) in [4.78, 5) is 15.4. The molecule has 9 nitrogen and oxygen atoms in total. The quantitative estimate of drug-likeness (QED) is 0.378. The van der Waals surface area contributed by atoms with Crippen molar-refractivity contribution >= 4 is 17.1 Å². The Morgan fingerprint density at radius 1 is 1.11 bits per heavy atom. The van der Waals surface area contributed by atoms with Crippen LogP contribution in [0.2, 0.25) is 0 Å². The van der Waals surface area contributed by atoms with Gasteiger partial charge < -0.3 is 24.2 Å². The van der Waals surface area contributed by atoms with Gasteiger partial charge in [0.05, 0.1) is 36.1 Å². The highest BCUT2D eigenvalue weighted by Crippen LogP contribution is 2.36. The summed E-state index contributed by atoms with van der Waals surface area (Å²) in [5.74, 6) is 0.948. The molecule has 9 heteroatoms. The van der Waals surface area contributed by atoms with E-state index in [1.165, 1.54) is 17.6 Å². The lowest BCUT2D eigenvalue weighted by Gasteiger charge is -2.37. The van der Waals surface area contributed by atoms with Crippen molar-refractivity contribution in [2.75, 3.05) is 36.6 Å². The van der Waals surface area contributed by atoms with Crippen LogP contribution in [0.25, 0.3) is 0 Å². The first kappa shape index (κ1) is 24.9. The molecule has 3 heterocycles. The smallest absolute Gasteiger partial charge is 0.316 e. The molecule has 35 heavy (non-hydrogen) atoms. The lowest BCUT2D eigenvalue weighted by molar-refractivity contribution is 0.0846. The van der Waals surface area contributed by atoms with Gasteiger partial charge in [-0.05, 0) is 56.7 Å². The van der Waals surface area contributed by atoms with E-state index in [0.717, 1.165) is 63.2 Å². The fourth-order valence-corrected chi connectivity index (χ4v) is 4.75. The molecule has 1 atom stereocenters. The van der Waals surface area contributed by atoms with Gasteiger partial charge in [0, 0.05) is 32.2 Å². The summed E-state index contributed by atoms with van der Waals surface area (Å²) in [6.07, 6.45) is 9.86. The molecule has 0 aliphatic carbocycles. The van der Waals surface area contributed by atoms with Crippen LogP contribution in [-0.4, -0.2) is 52.5 Å². The van der Waals surface area contributed by atoms with E-state index in [1.807, 2.05) is 6.92 Å². The van der Waals surface area contributed by atoms with E-state index in [1.54, 1.807) is 12.4 Å². The summed E-state index contributed by atoms with van der Waals surface area (Å²) in [7, 11) is 0. The van der Waals surface area contributed by atoms with Crippen molar-refractivity contribution in [2.45, 2.75) is 64.8 Å². The molecule has 4 rings (SSSR count). The lowest BCUT2D eigenvalue weighted by atomic mass is 9.90. The molecule has 0 spiro atoms. The summed E-state index contributed by atoms with van der Waals surface area (Å²) < 4.78 is 16.4. The van der Waals surface area contributed by atoms with Crippen LogP contribution in [0.1, 0.15) is 63.8 Å². The number of anilines is 3. The van der Waals surface area contributed by atoms with Gasteiger partial charge in [0.2, 0.25) is 5.89 Å². The second-order valence-corrected chi connectivity index (χ2v) is 8.74. The van der Waals surface area contributed by atoms with Gasteiger partial charge >= 0.3 is 6.01 Å². The molecule has 0 amide bonds. The molecule has 0 unspecified atom stereocenters. The average molecular weight is 481 g/mol. The molecule has 1 fully saturated rings. The van der Waals surface area contributed by atoms with E-state index >= 15 is 0 Å². The first-order valence-corrected chi connectivity index (χ1v) is 12.7. The fraction of sp³-hybridized carbons (Fsp3) is 0.538. The standard InChI is InChI=1S/C26H36N6O3/c1-4-7-19(15-25-29-18-30-35-25)20-8-9-24(32(5-2)22-10-12-33-13-11-22)23(14-20)31-21-16-27-26(28-17-21)34-6-3/h8-9,14,16-19,22,31H,4-7,10-13,15H2,1-3H3/t19-/m1/s1. The Labute approximate surface area is 207 Å². The fourth-order valence-electron chi connectivity index (χ4n) is 4.75. The molecule has 0 radical (unpaired) electrons. The van der Waals surface area contributed by atoms with Crippen molar-refractivity contribution in [3.63, 3.8) is 0 Å². The molecule has 2 aromatic heterocycles. The molecule has 1 N–H and O–H groups in total. The number of rotatable bonds is 12. The third-order valence-electron chi connectivity index (χ3n) is 6.42. The van der Waals surface area contributed by atoms with E-state index in [9.17, 15) is 0 Å². The van der Waals surface area contributed by atoms with E-state index in [-0.39, 0.29) is 5.92 Å². The zero-order valence-electron chi connectivity index (χ0n) is 20.9. The maximum atomic E-state index is 5.62. The molecule has 1 aliphatic heterocycles. The lowest BCUT2D eigenvalue weighted by Crippen LogP contribution is -2.39. The Hall–Kier alpha value is -3.20. The van der Waals surface area contributed by atoms with Crippen LogP contribution < -0.4 is 15.0 Å². The average Bonchev–Trinajstić information content (AvgIpc) is 3.40. The van der Waals surface area contributed by atoms with E-state index in [2.05, 4.69) is 62.4 Å². The van der Waals surface area contributed by atoms with Gasteiger partial charge in [-0.25, -0.2) is 9.97 Å². The molecule has 188 valence electrons. The third-order valence-corrected chi connectivity index (χ3v) is 6.42. The van der Waals surface area contributed by atoms with Gasteiger partial charge in [-0.1, -0.05) is 24.6 Å². The second-order valence-electron chi connectivity index (χ2n) is 8.74. The van der Waals surface area contributed by atoms with Crippen molar-refractivity contribution in [1.82, 2.24) is 20.1 Å². The first-order chi connectivity index (χ1) is 17.2. The minimum Gasteiger partial charge on any atom is -0.464 e. The van der Waals surface area contributed by atoms with Crippen LogP contribution in [0.3, 0.4) is 0 Å². The minimum atomic E-state index is 0.282. The zero-order valence-corrected chi connectivity index (χ0v) is 20.9. The predicted molar refractivity (Wildman–Crippen MR) is 135 cm³/mol. The number of benzene rings is 1. The molecular formula is C26H36N6O3. The first-order valence-electron chi connectivity index (χ1n) is 12.7. The highest BCUT2D eigenvalue weighted by molar-refractivity contribution is 5.76. The SMILES string of the molecule is CCC[C@H](Cc1ncno1)c1ccc(N(CC)C2CCOCC2)c(Nc2cnc(OCC)nc2)c1. The highest BCUT2D eigenvalue weighted by atomic mass is 16.5. The van der Waals surface area contributed by atoms with Gasteiger partial charge in [0.25, 0.3) is 0 Å². The van der Waals surface area contributed by atoms with Crippen LogP contribution in [0.4, 0.5) is 17.1 Å². The number of nitrogens with one attached hydrogen (secondary N) is 1. The normalized spacial score (nSPS) is 15.1. The Kier molecular flexibility index (Phi) is 8.89. The largest absolute Gasteiger partial charge is 0.464 e. The van der Waals surface area contributed by atoms with E-state index in [0.29, 0.717) is 24.5 Å². The topological polar surface area (TPSA) is 98.4 Å². The number of ether oxygens (including phenoxy) is 2. The molecular weight excluding hydrogens is 444 g/mol. The molecule has 1 saturated heterocycles. The van der Waals surface area contributed by atoms with Gasteiger partial charge in [-0.15, -0.1) is 0 Å². The Morgan fingerprint density at radius 2 is 1.91 bits per heavy atom. The predicted octanol–water partition coefficient (Wildman–Crippen LogP) is 5.13. The highest BCUT2D eigenvalue weighted by Gasteiger charge is 2.24. The summed E-state index contributed by atoms with van der Waals surface area (Å²) in [6, 6.07) is 7.56. The molecule has 1 aliphatic rings. The summed E-state index contributed by atoms with van der Waals surface area (Å²) >= 11 is 0. The number of nitrogens with zero attached hydrogens (tertiary/aromatic N) is 5. The number of hydrogen-bond acceptors (Lipinski definition) is 9. The number of aromatic nitrogens is 4. The van der Waals surface area contributed by atoms with Crippen molar-refractivity contribution in [1.29, 1.82) is 0 Å². The third kappa shape index (κ3) is 6.48. The van der Waals surface area contributed by atoms with Gasteiger partial charge in [0.1, 0.15) is 0 Å². The van der Waals surface area contributed by atoms with Gasteiger partial charge in [-0.2, -0.15) is 4.98 Å². The zero-order chi connectivity index (χ0) is 24.5. The summed E-state index contributed by atoms with van der Waals surface area (Å²) in [5, 5.41) is 7.37. The molecule has 0 bridgehead atoms. The van der Waals surface area contributed by atoms with Gasteiger partial charge in [-0.3, -0.25) is 0 Å². The monoisotopic (exact) mass is 480 g/mol. The van der Waals surface area contributed by atoms with Gasteiger partial charge in [0.15, 0.2) is 6.33 Å². The van der Waals surface area contributed by atoms with E-state index in [4.69, 9.17) is 14.0 Å². The van der Waals surface area contributed by atoms with Crippen molar-refractivity contribution in [2.24, 2.45) is 0 Å². The van der Waals surface area contributed by atoms with Crippen LogP contribution in [0, 0.1) is 0 Å². The minimum absolute atomic E-state index is 0.282. The number of hydrogen-bond donors (Lipinski definition) is 1. The van der Waals surface area contributed by atoms with Crippen LogP contribution in [-0.2, 0) is 11.2 Å². The van der Waals surface area contributed by atoms with E-state index < -0.39 is 0 Å². The van der Waals surface area contributed by atoms with Crippen molar-refractivity contribution in [3.8, 4) is 6.01 Å².